The standard InChI is InChI=1S/C22H44N2/c1-4-7-10-12-13-16-19-24-21-20-23(18-15-11-8-5-2)22(24)17-14-9-6-3/h20-22H,4-19H2,1-3H3. The average Bonchev–Trinajstić information content (AvgIpc) is 2.97. The van der Waals surface area contributed by atoms with E-state index < -0.39 is 0 Å². The zero-order valence-electron chi connectivity index (χ0n) is 16.9. The molecule has 0 fully saturated rings. The summed E-state index contributed by atoms with van der Waals surface area (Å²) in [5, 5.41) is 0. The van der Waals surface area contributed by atoms with Crippen molar-refractivity contribution in [3.05, 3.63) is 12.4 Å². The van der Waals surface area contributed by atoms with E-state index >= 15 is 0 Å². The second-order valence-electron chi connectivity index (χ2n) is 7.58. The van der Waals surface area contributed by atoms with Crippen molar-refractivity contribution >= 4 is 0 Å². The van der Waals surface area contributed by atoms with Crippen LogP contribution in [0.2, 0.25) is 0 Å². The Balaban J connectivity index is 2.31. The molecule has 0 spiro atoms. The monoisotopic (exact) mass is 336 g/mol. The summed E-state index contributed by atoms with van der Waals surface area (Å²) in [4.78, 5) is 5.26. The van der Waals surface area contributed by atoms with Crippen LogP contribution in [0.1, 0.15) is 111 Å². The Morgan fingerprint density at radius 2 is 0.958 bits per heavy atom. The van der Waals surface area contributed by atoms with E-state index in [1.54, 1.807) is 0 Å². The molecule has 0 aromatic heterocycles. The number of nitrogens with zero attached hydrogens (tertiary/aromatic N) is 2. The zero-order valence-corrected chi connectivity index (χ0v) is 16.9. The van der Waals surface area contributed by atoms with Crippen molar-refractivity contribution in [3.8, 4) is 0 Å². The van der Waals surface area contributed by atoms with Crippen molar-refractivity contribution in [1.29, 1.82) is 0 Å². The van der Waals surface area contributed by atoms with Gasteiger partial charge in [-0.1, -0.05) is 85.0 Å². The second-order valence-corrected chi connectivity index (χ2v) is 7.58. The van der Waals surface area contributed by atoms with E-state index in [0.717, 1.165) is 0 Å². The molecule has 1 heterocycles. The minimum Gasteiger partial charge on any atom is -0.356 e. The van der Waals surface area contributed by atoms with Gasteiger partial charge in [0, 0.05) is 25.5 Å². The van der Waals surface area contributed by atoms with Crippen molar-refractivity contribution in [3.63, 3.8) is 0 Å². The Morgan fingerprint density at radius 3 is 1.50 bits per heavy atom. The second kappa shape index (κ2) is 14.7. The Bertz CT molecular complexity index is 300. The van der Waals surface area contributed by atoms with E-state index in [-0.39, 0.29) is 0 Å². The highest BCUT2D eigenvalue weighted by atomic mass is 15.4. The van der Waals surface area contributed by atoms with Crippen LogP contribution in [0, 0.1) is 0 Å². The third-order valence-electron chi connectivity index (χ3n) is 5.32. The van der Waals surface area contributed by atoms with E-state index in [1.165, 1.54) is 103 Å². The normalized spacial score (nSPS) is 17.2. The first-order chi connectivity index (χ1) is 11.8. The Kier molecular flexibility index (Phi) is 13.1. The van der Waals surface area contributed by atoms with E-state index in [9.17, 15) is 0 Å². The van der Waals surface area contributed by atoms with Crippen LogP contribution in [-0.2, 0) is 0 Å². The van der Waals surface area contributed by atoms with Crippen LogP contribution < -0.4 is 0 Å². The highest BCUT2D eigenvalue weighted by Gasteiger charge is 2.24. The molecule has 0 saturated heterocycles. The molecule has 0 aromatic carbocycles. The molecular formula is C22H44N2. The summed E-state index contributed by atoms with van der Waals surface area (Å²) in [6.45, 7) is 9.41. The topological polar surface area (TPSA) is 6.48 Å². The quantitative estimate of drug-likeness (QED) is 0.282. The Labute approximate surface area is 152 Å². The molecule has 0 radical (unpaired) electrons. The lowest BCUT2D eigenvalue weighted by atomic mass is 10.1. The number of unbranched alkanes of at least 4 members (excludes halogenated alkanes) is 10. The molecule has 1 aliphatic rings. The highest BCUT2D eigenvalue weighted by Crippen LogP contribution is 2.23. The van der Waals surface area contributed by atoms with Crippen LogP contribution in [0.5, 0.6) is 0 Å². The van der Waals surface area contributed by atoms with Gasteiger partial charge in [0.15, 0.2) is 0 Å². The summed E-state index contributed by atoms with van der Waals surface area (Å²) in [7, 11) is 0. The Morgan fingerprint density at radius 1 is 0.542 bits per heavy atom. The van der Waals surface area contributed by atoms with E-state index in [4.69, 9.17) is 0 Å². The molecule has 0 aromatic rings. The van der Waals surface area contributed by atoms with Crippen molar-refractivity contribution in [2.24, 2.45) is 0 Å². The van der Waals surface area contributed by atoms with Gasteiger partial charge in [-0.05, 0) is 25.7 Å². The molecular weight excluding hydrogens is 292 g/mol. The summed E-state index contributed by atoms with van der Waals surface area (Å²) in [6, 6.07) is 0. The fourth-order valence-corrected chi connectivity index (χ4v) is 3.71. The molecule has 1 rings (SSSR count). The van der Waals surface area contributed by atoms with Gasteiger partial charge >= 0.3 is 0 Å². The molecule has 1 aliphatic heterocycles. The number of hydrogen-bond donors (Lipinski definition) is 0. The molecule has 1 unspecified atom stereocenters. The SMILES string of the molecule is CCCCCCCCN1C=CN(CCCCCC)C1CCCCC. The summed E-state index contributed by atoms with van der Waals surface area (Å²) in [6.07, 6.45) is 24.7. The molecule has 0 amide bonds. The van der Waals surface area contributed by atoms with Gasteiger partial charge < -0.3 is 9.80 Å². The van der Waals surface area contributed by atoms with Gasteiger partial charge in [-0.15, -0.1) is 0 Å². The van der Waals surface area contributed by atoms with Crippen LogP contribution in [0.15, 0.2) is 12.4 Å². The minimum atomic E-state index is 0.647. The van der Waals surface area contributed by atoms with Gasteiger partial charge in [0.1, 0.15) is 6.17 Å². The van der Waals surface area contributed by atoms with Gasteiger partial charge in [-0.25, -0.2) is 0 Å². The predicted molar refractivity (Wildman–Crippen MR) is 108 cm³/mol. The fraction of sp³-hybridized carbons (Fsp3) is 0.909. The lowest BCUT2D eigenvalue weighted by Crippen LogP contribution is -2.39. The van der Waals surface area contributed by atoms with Crippen molar-refractivity contribution in [2.45, 2.75) is 117 Å². The molecule has 0 bridgehead atoms. The largest absolute Gasteiger partial charge is 0.356 e. The zero-order chi connectivity index (χ0) is 17.5. The van der Waals surface area contributed by atoms with Gasteiger partial charge in [-0.3, -0.25) is 0 Å². The van der Waals surface area contributed by atoms with Gasteiger partial charge in [-0.2, -0.15) is 0 Å². The smallest absolute Gasteiger partial charge is 0.101 e. The average molecular weight is 337 g/mol. The number of hydrogen-bond acceptors (Lipinski definition) is 2. The maximum atomic E-state index is 2.63. The van der Waals surface area contributed by atoms with E-state index in [2.05, 4.69) is 43.0 Å². The minimum absolute atomic E-state index is 0.647. The molecule has 2 heteroatoms. The van der Waals surface area contributed by atoms with Crippen LogP contribution in [0.4, 0.5) is 0 Å². The first-order valence-corrected chi connectivity index (χ1v) is 11.0. The summed E-state index contributed by atoms with van der Waals surface area (Å²) in [5.41, 5.74) is 0. The molecule has 0 saturated carbocycles. The van der Waals surface area contributed by atoms with Crippen molar-refractivity contribution in [1.82, 2.24) is 9.80 Å². The van der Waals surface area contributed by atoms with Gasteiger partial charge in [0.05, 0.1) is 0 Å². The summed E-state index contributed by atoms with van der Waals surface area (Å²) >= 11 is 0. The molecule has 24 heavy (non-hydrogen) atoms. The van der Waals surface area contributed by atoms with Gasteiger partial charge in [0.2, 0.25) is 0 Å². The predicted octanol–water partition coefficient (Wildman–Crippen LogP) is 6.92. The van der Waals surface area contributed by atoms with E-state index in [0.29, 0.717) is 6.17 Å². The lowest BCUT2D eigenvalue weighted by Gasteiger charge is -2.33. The molecule has 2 nitrogen and oxygen atoms in total. The third-order valence-corrected chi connectivity index (χ3v) is 5.32. The first kappa shape index (κ1) is 21.4. The van der Waals surface area contributed by atoms with Crippen molar-refractivity contribution in [2.75, 3.05) is 13.1 Å². The Hall–Kier alpha value is -0.660. The van der Waals surface area contributed by atoms with Crippen LogP contribution in [-0.4, -0.2) is 29.1 Å². The van der Waals surface area contributed by atoms with Crippen molar-refractivity contribution < 1.29 is 0 Å². The van der Waals surface area contributed by atoms with Gasteiger partial charge in [0.25, 0.3) is 0 Å². The summed E-state index contributed by atoms with van der Waals surface area (Å²) in [5.74, 6) is 0. The molecule has 0 aliphatic carbocycles. The molecule has 0 N–H and O–H groups in total. The van der Waals surface area contributed by atoms with Crippen LogP contribution >= 0.6 is 0 Å². The van der Waals surface area contributed by atoms with E-state index in [1.807, 2.05) is 0 Å². The maximum absolute atomic E-state index is 2.63. The highest BCUT2D eigenvalue weighted by molar-refractivity contribution is 4.96. The summed E-state index contributed by atoms with van der Waals surface area (Å²) < 4.78 is 0. The molecule has 1 atom stereocenters. The first-order valence-electron chi connectivity index (χ1n) is 11.0. The molecule has 142 valence electrons. The number of rotatable bonds is 16. The fourth-order valence-electron chi connectivity index (χ4n) is 3.71. The lowest BCUT2D eigenvalue weighted by molar-refractivity contribution is 0.136. The van der Waals surface area contributed by atoms with Crippen LogP contribution in [0.3, 0.4) is 0 Å². The third kappa shape index (κ3) is 8.99. The maximum Gasteiger partial charge on any atom is 0.101 e. The van der Waals surface area contributed by atoms with Crippen LogP contribution in [0.25, 0.3) is 0 Å².